The minimum absolute atomic E-state index is 0.189. The number of amides is 1. The normalized spacial score (nSPS) is 13.1. The SMILES string of the molecule is O=C(O)Cn1c(O)c(C2=c3ccccc3=NC2=O)sc1=S. The number of benzene rings is 1. The molecule has 1 aromatic carbocycles. The number of aliphatic carboxylic acids is 1. The second-order valence-electron chi connectivity index (χ2n) is 4.31. The van der Waals surface area contributed by atoms with Crippen molar-refractivity contribution in [3.8, 4) is 5.88 Å². The molecule has 0 unspecified atom stereocenters. The summed E-state index contributed by atoms with van der Waals surface area (Å²) in [4.78, 5) is 27.0. The van der Waals surface area contributed by atoms with Gasteiger partial charge in [0.25, 0.3) is 5.91 Å². The van der Waals surface area contributed by atoms with Gasteiger partial charge in [-0.2, -0.15) is 0 Å². The molecule has 1 aliphatic heterocycles. The molecule has 0 bridgehead atoms. The second kappa shape index (κ2) is 4.90. The van der Waals surface area contributed by atoms with E-state index in [9.17, 15) is 14.7 Å². The highest BCUT2D eigenvalue weighted by molar-refractivity contribution is 7.73. The first kappa shape index (κ1) is 13.7. The predicted octanol–water partition coefficient (Wildman–Crippen LogP) is 0.428. The van der Waals surface area contributed by atoms with Crippen LogP contribution in [0.5, 0.6) is 5.88 Å². The number of carbonyl (C=O) groups is 2. The standard InChI is InChI=1S/C13H8N2O4S2/c16-8(17)5-15-12(19)10(21-13(15)20)9-6-3-1-2-4-7(6)14-11(9)18/h1-4,19H,5H2,(H,16,17). The van der Waals surface area contributed by atoms with Crippen molar-refractivity contribution >= 4 is 41.0 Å². The van der Waals surface area contributed by atoms with Gasteiger partial charge in [0, 0.05) is 5.22 Å². The molecule has 1 aliphatic rings. The number of aromatic nitrogens is 1. The molecular formula is C13H8N2O4S2. The highest BCUT2D eigenvalue weighted by Crippen LogP contribution is 2.32. The van der Waals surface area contributed by atoms with Crippen molar-refractivity contribution in [3.05, 3.63) is 43.7 Å². The minimum atomic E-state index is -1.13. The Kier molecular flexibility index (Phi) is 3.19. The smallest absolute Gasteiger partial charge is 0.323 e. The van der Waals surface area contributed by atoms with Crippen LogP contribution < -0.4 is 10.6 Å². The highest BCUT2D eigenvalue weighted by Gasteiger charge is 2.25. The molecule has 2 aromatic rings. The average molecular weight is 320 g/mol. The van der Waals surface area contributed by atoms with E-state index < -0.39 is 18.4 Å². The van der Waals surface area contributed by atoms with Crippen LogP contribution >= 0.6 is 23.6 Å². The van der Waals surface area contributed by atoms with E-state index in [1.54, 1.807) is 24.3 Å². The number of aromatic hydroxyl groups is 1. The number of rotatable bonds is 3. The van der Waals surface area contributed by atoms with Gasteiger partial charge in [-0.15, -0.1) is 11.3 Å². The van der Waals surface area contributed by atoms with Crippen LogP contribution in [0.25, 0.3) is 5.57 Å². The molecule has 0 spiro atoms. The van der Waals surface area contributed by atoms with E-state index in [2.05, 4.69) is 4.99 Å². The number of carbonyl (C=O) groups excluding carboxylic acids is 1. The lowest BCUT2D eigenvalue weighted by atomic mass is 10.1. The summed E-state index contributed by atoms with van der Waals surface area (Å²) in [5.74, 6) is -1.91. The highest BCUT2D eigenvalue weighted by atomic mass is 32.1. The number of thiazole rings is 1. The Labute approximate surface area is 126 Å². The van der Waals surface area contributed by atoms with Crippen molar-refractivity contribution < 1.29 is 19.8 Å². The van der Waals surface area contributed by atoms with Crippen molar-refractivity contribution in [2.45, 2.75) is 6.54 Å². The zero-order chi connectivity index (χ0) is 15.1. The fraction of sp³-hybridized carbons (Fsp3) is 0.0769. The predicted molar refractivity (Wildman–Crippen MR) is 77.2 cm³/mol. The molecule has 8 heteroatoms. The van der Waals surface area contributed by atoms with Crippen LogP contribution in [-0.2, 0) is 16.1 Å². The zero-order valence-corrected chi connectivity index (χ0v) is 12.1. The minimum Gasteiger partial charge on any atom is -0.493 e. The fourth-order valence-electron chi connectivity index (χ4n) is 2.12. The third-order valence-electron chi connectivity index (χ3n) is 3.00. The molecule has 0 aliphatic carbocycles. The molecule has 0 saturated carbocycles. The van der Waals surface area contributed by atoms with Gasteiger partial charge in [-0.25, -0.2) is 4.99 Å². The Bertz CT molecular complexity index is 955. The van der Waals surface area contributed by atoms with Gasteiger partial charge in [0.2, 0.25) is 5.88 Å². The lowest BCUT2D eigenvalue weighted by Crippen LogP contribution is -2.22. The summed E-state index contributed by atoms with van der Waals surface area (Å²) >= 11 is 6.05. The summed E-state index contributed by atoms with van der Waals surface area (Å²) in [6.45, 7) is -0.457. The van der Waals surface area contributed by atoms with Crippen molar-refractivity contribution in [2.24, 2.45) is 4.99 Å². The lowest BCUT2D eigenvalue weighted by Gasteiger charge is -2.01. The van der Waals surface area contributed by atoms with E-state index >= 15 is 0 Å². The third kappa shape index (κ3) is 2.18. The van der Waals surface area contributed by atoms with Crippen LogP contribution in [0.15, 0.2) is 29.3 Å². The molecule has 2 N–H and O–H groups in total. The maximum absolute atomic E-state index is 12.1. The van der Waals surface area contributed by atoms with Crippen molar-refractivity contribution in [1.29, 1.82) is 0 Å². The molecule has 2 heterocycles. The second-order valence-corrected chi connectivity index (χ2v) is 5.95. The number of nitrogens with zero attached hydrogens (tertiary/aromatic N) is 2. The zero-order valence-electron chi connectivity index (χ0n) is 10.4. The van der Waals surface area contributed by atoms with Crippen LogP contribution in [0.2, 0.25) is 0 Å². The first-order valence-corrected chi connectivity index (χ1v) is 7.08. The van der Waals surface area contributed by atoms with E-state index in [1.807, 2.05) is 0 Å². The van der Waals surface area contributed by atoms with Gasteiger partial charge in [0.15, 0.2) is 3.95 Å². The average Bonchev–Trinajstić information content (AvgIpc) is 2.89. The van der Waals surface area contributed by atoms with Gasteiger partial charge in [-0.1, -0.05) is 18.2 Å². The maximum Gasteiger partial charge on any atom is 0.323 e. The number of para-hydroxylation sites is 1. The van der Waals surface area contributed by atoms with E-state index in [0.29, 0.717) is 10.6 Å². The molecule has 106 valence electrons. The summed E-state index contributed by atoms with van der Waals surface area (Å²) in [5, 5.41) is 20.2. The molecule has 0 radical (unpaired) electrons. The summed E-state index contributed by atoms with van der Waals surface area (Å²) in [7, 11) is 0. The summed E-state index contributed by atoms with van der Waals surface area (Å²) in [6.07, 6.45) is 0. The quantitative estimate of drug-likeness (QED) is 0.800. The van der Waals surface area contributed by atoms with Crippen LogP contribution in [0.4, 0.5) is 0 Å². The summed E-state index contributed by atoms with van der Waals surface area (Å²) in [6, 6.07) is 6.95. The number of carboxylic acids is 1. The number of hydrogen-bond donors (Lipinski definition) is 2. The van der Waals surface area contributed by atoms with Crippen molar-refractivity contribution in [2.75, 3.05) is 0 Å². The number of hydrogen-bond acceptors (Lipinski definition) is 5. The number of carboxylic acid groups (broad SMARTS) is 1. The van der Waals surface area contributed by atoms with Gasteiger partial charge in [0.1, 0.15) is 11.4 Å². The van der Waals surface area contributed by atoms with Gasteiger partial charge >= 0.3 is 5.97 Å². The van der Waals surface area contributed by atoms with E-state index in [-0.39, 0.29) is 20.3 Å². The third-order valence-corrected chi connectivity index (χ3v) is 4.45. The van der Waals surface area contributed by atoms with E-state index in [4.69, 9.17) is 17.3 Å². The van der Waals surface area contributed by atoms with Crippen LogP contribution in [-0.4, -0.2) is 26.7 Å². The van der Waals surface area contributed by atoms with Crippen molar-refractivity contribution in [3.63, 3.8) is 0 Å². The fourth-order valence-corrected chi connectivity index (χ4v) is 3.45. The molecule has 3 rings (SSSR count). The molecule has 21 heavy (non-hydrogen) atoms. The molecule has 0 atom stereocenters. The largest absolute Gasteiger partial charge is 0.493 e. The molecule has 0 fully saturated rings. The first-order chi connectivity index (χ1) is 9.99. The van der Waals surface area contributed by atoms with Gasteiger partial charge in [-0.3, -0.25) is 14.2 Å². The monoisotopic (exact) mass is 320 g/mol. The number of fused-ring (bicyclic) bond motifs is 1. The molecule has 0 saturated heterocycles. The topological polar surface area (TPSA) is 91.9 Å². The van der Waals surface area contributed by atoms with Crippen LogP contribution in [0.3, 0.4) is 0 Å². The van der Waals surface area contributed by atoms with E-state index in [0.717, 1.165) is 15.9 Å². The Morgan fingerprint density at radius 2 is 2.10 bits per heavy atom. The maximum atomic E-state index is 12.1. The molecule has 1 aromatic heterocycles. The van der Waals surface area contributed by atoms with Gasteiger partial charge < -0.3 is 10.2 Å². The molecule has 6 nitrogen and oxygen atoms in total. The van der Waals surface area contributed by atoms with E-state index in [1.165, 1.54) is 0 Å². The van der Waals surface area contributed by atoms with Crippen molar-refractivity contribution in [1.82, 2.24) is 4.57 Å². The molecular weight excluding hydrogens is 312 g/mol. The van der Waals surface area contributed by atoms with Gasteiger partial charge in [0.05, 0.1) is 10.9 Å². The summed E-state index contributed by atoms with van der Waals surface area (Å²) in [5.41, 5.74) is 0.253. The van der Waals surface area contributed by atoms with Gasteiger partial charge in [-0.05, 0) is 18.3 Å². The summed E-state index contributed by atoms with van der Waals surface area (Å²) < 4.78 is 1.27. The Balaban J connectivity index is 2.29. The Morgan fingerprint density at radius 1 is 1.38 bits per heavy atom. The lowest BCUT2D eigenvalue weighted by molar-refractivity contribution is -0.137. The molecule has 1 amide bonds. The Morgan fingerprint density at radius 3 is 2.81 bits per heavy atom. The first-order valence-electron chi connectivity index (χ1n) is 5.86. The Hall–Kier alpha value is -2.32. The van der Waals surface area contributed by atoms with Crippen LogP contribution in [0.1, 0.15) is 4.88 Å². The van der Waals surface area contributed by atoms with Crippen LogP contribution in [0, 0.1) is 3.95 Å².